The van der Waals surface area contributed by atoms with Crippen LogP contribution in [0.25, 0.3) is 0 Å². The van der Waals surface area contributed by atoms with Gasteiger partial charge in [-0.15, -0.1) is 0 Å². The van der Waals surface area contributed by atoms with Crippen molar-refractivity contribution in [1.82, 2.24) is 14.7 Å². The number of β-amino-alcohol motifs (C(OH)–C–C–N with tert-alkyl or cyclic N) is 1. The Morgan fingerprint density at radius 2 is 1.94 bits per heavy atom. The number of halogens is 1. The van der Waals surface area contributed by atoms with Crippen LogP contribution >= 0.6 is 0 Å². The van der Waals surface area contributed by atoms with Crippen molar-refractivity contribution < 1.29 is 9.50 Å². The fraction of sp³-hybridized carbons (Fsp3) is 1.00. The van der Waals surface area contributed by atoms with Gasteiger partial charge in [0.25, 0.3) is 0 Å². The predicted molar refractivity (Wildman–Crippen MR) is 68.0 cm³/mol. The molecule has 5 heteroatoms. The van der Waals surface area contributed by atoms with Crippen LogP contribution in [0.4, 0.5) is 4.39 Å². The zero-order chi connectivity index (χ0) is 12.7. The highest BCUT2D eigenvalue weighted by Crippen LogP contribution is 2.01. The van der Waals surface area contributed by atoms with Gasteiger partial charge in [-0.25, -0.2) is 0 Å². The smallest absolute Gasteiger partial charge is 0.0906 e. The fourth-order valence-electron chi connectivity index (χ4n) is 2.17. The number of rotatable bonds is 7. The van der Waals surface area contributed by atoms with Gasteiger partial charge in [-0.2, -0.15) is 0 Å². The van der Waals surface area contributed by atoms with E-state index in [4.69, 9.17) is 0 Å². The summed E-state index contributed by atoms with van der Waals surface area (Å²) in [6.07, 6.45) is 0.223. The van der Waals surface area contributed by atoms with E-state index in [-0.39, 0.29) is 12.8 Å². The number of alkyl halides is 1. The minimum absolute atomic E-state index is 0.279. The van der Waals surface area contributed by atoms with Crippen molar-refractivity contribution >= 4 is 0 Å². The van der Waals surface area contributed by atoms with Gasteiger partial charge >= 0.3 is 0 Å². The van der Waals surface area contributed by atoms with Crippen LogP contribution in [0.5, 0.6) is 0 Å². The van der Waals surface area contributed by atoms with Crippen LogP contribution in [0.2, 0.25) is 0 Å². The van der Waals surface area contributed by atoms with Crippen LogP contribution in [-0.2, 0) is 0 Å². The number of piperazine rings is 1. The Morgan fingerprint density at radius 3 is 2.53 bits per heavy atom. The largest absolute Gasteiger partial charge is 0.390 e. The van der Waals surface area contributed by atoms with E-state index in [0.29, 0.717) is 13.0 Å². The van der Waals surface area contributed by atoms with E-state index in [0.717, 1.165) is 39.3 Å². The quantitative estimate of drug-likeness (QED) is 0.680. The molecule has 0 spiro atoms. The zero-order valence-electron chi connectivity index (χ0n) is 11.1. The molecule has 1 atom stereocenters. The average molecular weight is 247 g/mol. The first kappa shape index (κ1) is 14.8. The molecule has 4 nitrogen and oxygen atoms in total. The monoisotopic (exact) mass is 247 g/mol. The summed E-state index contributed by atoms with van der Waals surface area (Å²) in [5, 5.41) is 9.95. The van der Waals surface area contributed by atoms with Gasteiger partial charge in [0.05, 0.1) is 12.8 Å². The molecular formula is C12H26FN3O. The van der Waals surface area contributed by atoms with Crippen LogP contribution in [0.3, 0.4) is 0 Å². The maximum Gasteiger partial charge on any atom is 0.0906 e. The summed E-state index contributed by atoms with van der Waals surface area (Å²) in [4.78, 5) is 6.60. The Bertz CT molecular complexity index is 198. The van der Waals surface area contributed by atoms with Crippen LogP contribution in [0.15, 0.2) is 0 Å². The van der Waals surface area contributed by atoms with Crippen molar-refractivity contribution in [1.29, 1.82) is 0 Å². The van der Waals surface area contributed by atoms with E-state index in [2.05, 4.69) is 16.8 Å². The molecule has 1 heterocycles. The third-order valence-corrected chi connectivity index (χ3v) is 3.26. The molecular weight excluding hydrogens is 221 g/mol. The van der Waals surface area contributed by atoms with Crippen molar-refractivity contribution in [3.63, 3.8) is 0 Å². The lowest BCUT2D eigenvalue weighted by Crippen LogP contribution is -2.48. The minimum Gasteiger partial charge on any atom is -0.390 e. The van der Waals surface area contributed by atoms with E-state index >= 15 is 0 Å². The van der Waals surface area contributed by atoms with E-state index in [9.17, 15) is 9.50 Å². The second kappa shape index (κ2) is 7.97. The Morgan fingerprint density at radius 1 is 1.29 bits per heavy atom. The first-order valence-electron chi connectivity index (χ1n) is 6.45. The SMILES string of the molecule is CN1CCN(CC(O)CN(C)CCCF)CC1. The summed E-state index contributed by atoms with van der Waals surface area (Å²) in [5.74, 6) is 0. The van der Waals surface area contributed by atoms with Gasteiger partial charge in [0.2, 0.25) is 0 Å². The number of likely N-dealkylation sites (N-methyl/N-ethyl adjacent to an activating group) is 2. The number of hydrogen-bond donors (Lipinski definition) is 1. The molecule has 17 heavy (non-hydrogen) atoms. The molecule has 1 fully saturated rings. The van der Waals surface area contributed by atoms with Gasteiger partial charge < -0.3 is 14.9 Å². The van der Waals surface area contributed by atoms with Crippen LogP contribution in [0, 0.1) is 0 Å². The molecule has 0 bridgehead atoms. The highest BCUT2D eigenvalue weighted by molar-refractivity contribution is 4.73. The van der Waals surface area contributed by atoms with Crippen LogP contribution in [-0.4, -0.2) is 92.5 Å². The van der Waals surface area contributed by atoms with Crippen LogP contribution in [0.1, 0.15) is 6.42 Å². The lowest BCUT2D eigenvalue weighted by Gasteiger charge is -2.34. The van der Waals surface area contributed by atoms with Crippen molar-refractivity contribution in [3.05, 3.63) is 0 Å². The zero-order valence-corrected chi connectivity index (χ0v) is 11.1. The van der Waals surface area contributed by atoms with Gasteiger partial charge in [-0.05, 0) is 20.5 Å². The summed E-state index contributed by atoms with van der Waals surface area (Å²) >= 11 is 0. The Labute approximate surface area is 104 Å². The summed E-state index contributed by atoms with van der Waals surface area (Å²) in [7, 11) is 4.06. The van der Waals surface area contributed by atoms with E-state index in [1.807, 2.05) is 11.9 Å². The highest BCUT2D eigenvalue weighted by atomic mass is 19.1. The summed E-state index contributed by atoms with van der Waals surface area (Å²) in [6, 6.07) is 0. The Hall–Kier alpha value is -0.230. The molecule has 102 valence electrons. The lowest BCUT2D eigenvalue weighted by atomic mass is 10.2. The van der Waals surface area contributed by atoms with Gasteiger partial charge in [0.15, 0.2) is 0 Å². The molecule has 0 aromatic rings. The lowest BCUT2D eigenvalue weighted by molar-refractivity contribution is 0.0602. The molecule has 0 radical (unpaired) electrons. The van der Waals surface area contributed by atoms with E-state index < -0.39 is 0 Å². The molecule has 0 aromatic heterocycles. The van der Waals surface area contributed by atoms with Crippen molar-refractivity contribution in [3.8, 4) is 0 Å². The van der Waals surface area contributed by atoms with Crippen molar-refractivity contribution in [2.45, 2.75) is 12.5 Å². The molecule has 0 aromatic carbocycles. The molecule has 1 saturated heterocycles. The molecule has 1 aliphatic rings. The van der Waals surface area contributed by atoms with E-state index in [1.165, 1.54) is 0 Å². The van der Waals surface area contributed by atoms with Gasteiger partial charge in [-0.1, -0.05) is 0 Å². The summed E-state index contributed by atoms with van der Waals surface area (Å²) < 4.78 is 12.0. The number of hydrogen-bond acceptors (Lipinski definition) is 4. The topological polar surface area (TPSA) is 30.0 Å². The maximum absolute atomic E-state index is 12.0. The third-order valence-electron chi connectivity index (χ3n) is 3.26. The summed E-state index contributed by atoms with van der Waals surface area (Å²) in [6.45, 7) is 6.01. The number of aliphatic hydroxyl groups excluding tert-OH is 1. The number of nitrogens with zero attached hydrogens (tertiary/aromatic N) is 3. The average Bonchev–Trinajstić information content (AvgIpc) is 2.29. The van der Waals surface area contributed by atoms with Crippen molar-refractivity contribution in [2.75, 3.05) is 66.6 Å². The first-order chi connectivity index (χ1) is 8.11. The first-order valence-corrected chi connectivity index (χ1v) is 6.45. The molecule has 1 unspecified atom stereocenters. The molecule has 0 saturated carbocycles. The van der Waals surface area contributed by atoms with E-state index in [1.54, 1.807) is 0 Å². The molecule has 0 amide bonds. The molecule has 1 rings (SSSR count). The van der Waals surface area contributed by atoms with Gasteiger partial charge in [0.1, 0.15) is 0 Å². The summed E-state index contributed by atoms with van der Waals surface area (Å²) in [5.41, 5.74) is 0. The molecule has 0 aliphatic carbocycles. The fourth-order valence-corrected chi connectivity index (χ4v) is 2.17. The van der Waals surface area contributed by atoms with Crippen molar-refractivity contribution in [2.24, 2.45) is 0 Å². The van der Waals surface area contributed by atoms with Gasteiger partial charge in [-0.3, -0.25) is 9.29 Å². The second-order valence-electron chi connectivity index (χ2n) is 5.06. The van der Waals surface area contributed by atoms with Crippen LogP contribution < -0.4 is 0 Å². The second-order valence-corrected chi connectivity index (χ2v) is 5.06. The third kappa shape index (κ3) is 6.31. The molecule has 1 N–H and O–H groups in total. The molecule has 1 aliphatic heterocycles. The number of aliphatic hydroxyl groups is 1. The standard InChI is InChI=1S/C12H26FN3O/c1-14-6-8-16(9-7-14)11-12(17)10-15(2)5-3-4-13/h12,17H,3-11H2,1-2H3. The minimum atomic E-state index is -0.331. The normalized spacial score (nSPS) is 21.0. The predicted octanol–water partition coefficient (Wildman–Crippen LogP) is -0.114. The van der Waals surface area contributed by atoms with Gasteiger partial charge in [0, 0.05) is 45.8 Å². The Kier molecular flexibility index (Phi) is 6.96. The highest BCUT2D eigenvalue weighted by Gasteiger charge is 2.17. The Balaban J connectivity index is 2.13. The maximum atomic E-state index is 12.0.